The van der Waals surface area contributed by atoms with Gasteiger partial charge in [-0.2, -0.15) is 0 Å². The van der Waals surface area contributed by atoms with Gasteiger partial charge in [-0.05, 0) is 30.2 Å². The van der Waals surface area contributed by atoms with Crippen LogP contribution in [-0.2, 0) is 0 Å². The van der Waals surface area contributed by atoms with Crippen LogP contribution < -0.4 is 0 Å². The predicted molar refractivity (Wildman–Crippen MR) is 97.4 cm³/mol. The molecule has 0 bridgehead atoms. The molecule has 1 unspecified atom stereocenters. The summed E-state index contributed by atoms with van der Waals surface area (Å²) in [4.78, 5) is 2.13. The van der Waals surface area contributed by atoms with E-state index in [4.69, 9.17) is 0 Å². The summed E-state index contributed by atoms with van der Waals surface area (Å²) in [6, 6.07) is 12.0. The number of aromatic nitrogens is 3. The fourth-order valence-electron chi connectivity index (χ4n) is 2.60. The Kier molecular flexibility index (Phi) is 5.02. The predicted octanol–water partition coefficient (Wildman–Crippen LogP) is 4.61. The summed E-state index contributed by atoms with van der Waals surface area (Å²) in [7, 11) is 0. The zero-order chi connectivity index (χ0) is 17.1. The summed E-state index contributed by atoms with van der Waals surface area (Å²) >= 11 is 1.64. The van der Waals surface area contributed by atoms with Crippen molar-refractivity contribution in [2.45, 2.75) is 42.1 Å². The van der Waals surface area contributed by atoms with Gasteiger partial charge in [0.05, 0.1) is 6.10 Å². The van der Waals surface area contributed by atoms with Crippen LogP contribution in [0, 0.1) is 0 Å². The van der Waals surface area contributed by atoms with E-state index in [1.165, 1.54) is 0 Å². The standard InChI is InChI=1S/C19H21N3OS/c1-4-7-16(23)15-8-5-6-9-17(15)24-14-10-11-18-20-21-19(13(2)3)22(18)12-14/h4-6,8-13,16,23H,1,7H2,2-3H3. The average molecular weight is 339 g/mol. The van der Waals surface area contributed by atoms with Crippen LogP contribution in [0.15, 0.2) is 65.0 Å². The smallest absolute Gasteiger partial charge is 0.160 e. The van der Waals surface area contributed by atoms with Crippen molar-refractivity contribution in [2.24, 2.45) is 0 Å². The number of aliphatic hydroxyl groups is 1. The molecule has 0 saturated heterocycles. The molecule has 5 heteroatoms. The number of pyridine rings is 1. The molecule has 0 radical (unpaired) electrons. The maximum atomic E-state index is 10.3. The molecule has 2 heterocycles. The molecule has 3 aromatic rings. The molecular weight excluding hydrogens is 318 g/mol. The number of hydrogen-bond acceptors (Lipinski definition) is 4. The van der Waals surface area contributed by atoms with Crippen molar-refractivity contribution in [1.82, 2.24) is 14.6 Å². The lowest BCUT2D eigenvalue weighted by atomic mass is 10.1. The van der Waals surface area contributed by atoms with E-state index < -0.39 is 6.10 Å². The fraction of sp³-hybridized carbons (Fsp3) is 0.263. The largest absolute Gasteiger partial charge is 0.388 e. The van der Waals surface area contributed by atoms with Crippen LogP contribution in [0.2, 0.25) is 0 Å². The Morgan fingerprint density at radius 3 is 2.75 bits per heavy atom. The number of benzene rings is 1. The van der Waals surface area contributed by atoms with Crippen molar-refractivity contribution in [3.05, 3.63) is 66.6 Å². The van der Waals surface area contributed by atoms with E-state index in [2.05, 4.69) is 36.8 Å². The van der Waals surface area contributed by atoms with Crippen molar-refractivity contribution < 1.29 is 5.11 Å². The molecule has 4 nitrogen and oxygen atoms in total. The molecule has 0 amide bonds. The van der Waals surface area contributed by atoms with Gasteiger partial charge in [0.15, 0.2) is 5.65 Å². The molecule has 3 rings (SSSR count). The minimum absolute atomic E-state index is 0.307. The molecule has 0 spiro atoms. The van der Waals surface area contributed by atoms with Crippen LogP contribution in [0.5, 0.6) is 0 Å². The van der Waals surface area contributed by atoms with Crippen LogP contribution in [0.3, 0.4) is 0 Å². The first-order valence-electron chi connectivity index (χ1n) is 8.00. The van der Waals surface area contributed by atoms with Crippen molar-refractivity contribution in [3.63, 3.8) is 0 Å². The first kappa shape index (κ1) is 16.7. The number of hydrogen-bond donors (Lipinski definition) is 1. The summed E-state index contributed by atoms with van der Waals surface area (Å²) in [6.45, 7) is 7.93. The Labute approximate surface area is 146 Å². The van der Waals surface area contributed by atoms with Gasteiger partial charge < -0.3 is 5.11 Å². The van der Waals surface area contributed by atoms with Gasteiger partial charge in [-0.25, -0.2) is 0 Å². The second-order valence-corrected chi connectivity index (χ2v) is 7.10. The topological polar surface area (TPSA) is 50.4 Å². The van der Waals surface area contributed by atoms with E-state index in [0.29, 0.717) is 12.3 Å². The van der Waals surface area contributed by atoms with E-state index in [-0.39, 0.29) is 0 Å². The third kappa shape index (κ3) is 3.37. The summed E-state index contributed by atoms with van der Waals surface area (Å²) in [5.74, 6) is 1.26. The second kappa shape index (κ2) is 7.20. The molecule has 0 aliphatic carbocycles. The third-order valence-electron chi connectivity index (χ3n) is 3.81. The molecular formula is C19H21N3OS. The van der Waals surface area contributed by atoms with Crippen LogP contribution in [-0.4, -0.2) is 19.7 Å². The van der Waals surface area contributed by atoms with Gasteiger partial charge in [0.2, 0.25) is 0 Å². The molecule has 0 aliphatic rings. The van der Waals surface area contributed by atoms with Crippen molar-refractivity contribution in [2.75, 3.05) is 0 Å². The monoisotopic (exact) mass is 339 g/mol. The summed E-state index contributed by atoms with van der Waals surface area (Å²) in [5, 5.41) is 18.8. The van der Waals surface area contributed by atoms with Gasteiger partial charge in [0.25, 0.3) is 0 Å². The summed E-state index contributed by atoms with van der Waals surface area (Å²) in [6.07, 6.45) is 3.81. The van der Waals surface area contributed by atoms with E-state index >= 15 is 0 Å². The number of nitrogens with zero attached hydrogens (tertiary/aromatic N) is 3. The van der Waals surface area contributed by atoms with Crippen LogP contribution in [0.1, 0.15) is 43.7 Å². The van der Waals surface area contributed by atoms with Gasteiger partial charge in [-0.1, -0.05) is 49.9 Å². The highest BCUT2D eigenvalue weighted by Crippen LogP contribution is 2.34. The fourth-order valence-corrected chi connectivity index (χ4v) is 3.62. The van der Waals surface area contributed by atoms with Crippen LogP contribution >= 0.6 is 11.8 Å². The maximum Gasteiger partial charge on any atom is 0.160 e. The summed E-state index contributed by atoms with van der Waals surface area (Å²) < 4.78 is 2.04. The molecule has 1 atom stereocenters. The minimum atomic E-state index is -0.531. The Morgan fingerprint density at radius 2 is 2.00 bits per heavy atom. The van der Waals surface area contributed by atoms with Gasteiger partial charge in [0.1, 0.15) is 5.82 Å². The highest BCUT2D eigenvalue weighted by atomic mass is 32.2. The van der Waals surface area contributed by atoms with Gasteiger partial charge >= 0.3 is 0 Å². The molecule has 0 aliphatic heterocycles. The Bertz CT molecular complexity index is 857. The van der Waals surface area contributed by atoms with E-state index in [1.54, 1.807) is 17.8 Å². The molecule has 1 aromatic carbocycles. The van der Waals surface area contributed by atoms with Gasteiger partial charge in [-0.3, -0.25) is 4.40 Å². The molecule has 2 aromatic heterocycles. The quantitative estimate of drug-likeness (QED) is 0.666. The lowest BCUT2D eigenvalue weighted by Gasteiger charge is -2.14. The normalized spacial score (nSPS) is 12.7. The molecule has 0 fully saturated rings. The van der Waals surface area contributed by atoms with Gasteiger partial charge in [0, 0.05) is 21.9 Å². The Hall–Kier alpha value is -2.11. The number of fused-ring (bicyclic) bond motifs is 1. The zero-order valence-electron chi connectivity index (χ0n) is 13.9. The molecule has 0 saturated carbocycles. The Morgan fingerprint density at radius 1 is 1.21 bits per heavy atom. The zero-order valence-corrected chi connectivity index (χ0v) is 14.7. The third-order valence-corrected chi connectivity index (χ3v) is 4.88. The molecule has 124 valence electrons. The van der Waals surface area contributed by atoms with Crippen LogP contribution in [0.4, 0.5) is 0 Å². The maximum absolute atomic E-state index is 10.3. The number of aliphatic hydroxyl groups excluding tert-OH is 1. The average Bonchev–Trinajstić information content (AvgIpc) is 2.99. The highest BCUT2D eigenvalue weighted by Gasteiger charge is 2.13. The molecule has 24 heavy (non-hydrogen) atoms. The SMILES string of the molecule is C=CCC(O)c1ccccc1Sc1ccc2nnc(C(C)C)n2c1. The van der Waals surface area contributed by atoms with Crippen LogP contribution in [0.25, 0.3) is 5.65 Å². The van der Waals surface area contributed by atoms with Crippen molar-refractivity contribution in [1.29, 1.82) is 0 Å². The van der Waals surface area contributed by atoms with E-state index in [9.17, 15) is 5.11 Å². The highest BCUT2D eigenvalue weighted by molar-refractivity contribution is 7.99. The molecule has 1 N–H and O–H groups in total. The lowest BCUT2D eigenvalue weighted by Crippen LogP contribution is -1.98. The van der Waals surface area contributed by atoms with E-state index in [0.717, 1.165) is 26.8 Å². The summed E-state index contributed by atoms with van der Waals surface area (Å²) in [5.41, 5.74) is 1.78. The van der Waals surface area contributed by atoms with Crippen molar-refractivity contribution >= 4 is 17.4 Å². The van der Waals surface area contributed by atoms with E-state index in [1.807, 2.05) is 40.8 Å². The number of rotatable bonds is 6. The van der Waals surface area contributed by atoms with Gasteiger partial charge in [-0.15, -0.1) is 16.8 Å². The first-order valence-corrected chi connectivity index (χ1v) is 8.82. The van der Waals surface area contributed by atoms with Crippen molar-refractivity contribution in [3.8, 4) is 0 Å². The minimum Gasteiger partial charge on any atom is -0.388 e. The second-order valence-electron chi connectivity index (χ2n) is 5.99. The first-order chi connectivity index (χ1) is 11.6. The lowest BCUT2D eigenvalue weighted by molar-refractivity contribution is 0.179. The Balaban J connectivity index is 1.95.